The first-order chi connectivity index (χ1) is 10.8. The molecule has 1 atom stereocenters. The number of ether oxygens (including phenoxy) is 1. The van der Waals surface area contributed by atoms with Gasteiger partial charge in [-0.2, -0.15) is 0 Å². The number of halogens is 2. The highest BCUT2D eigenvalue weighted by Crippen LogP contribution is 2.26. The van der Waals surface area contributed by atoms with Crippen LogP contribution in [0.3, 0.4) is 0 Å². The number of aliphatic carboxylic acids is 1. The molecule has 0 aromatic heterocycles. The first kappa shape index (κ1) is 17.2. The lowest BCUT2D eigenvalue weighted by Crippen LogP contribution is -2.33. The Kier molecular flexibility index (Phi) is 5.19. The maximum atomic E-state index is 13.9. The Morgan fingerprint density at radius 3 is 2.70 bits per heavy atom. The molecule has 1 aromatic rings. The van der Waals surface area contributed by atoms with Crippen molar-refractivity contribution in [1.82, 2.24) is 4.90 Å². The molecule has 1 unspecified atom stereocenters. The number of anilines is 1. The zero-order valence-electron chi connectivity index (χ0n) is 12.1. The van der Waals surface area contributed by atoms with Crippen molar-refractivity contribution in [2.75, 3.05) is 25.5 Å². The fraction of sp³-hybridized carbons (Fsp3) is 0.357. The molecule has 1 fully saturated rings. The summed E-state index contributed by atoms with van der Waals surface area (Å²) < 4.78 is 18.3. The van der Waals surface area contributed by atoms with E-state index in [1.54, 1.807) is 0 Å². The van der Waals surface area contributed by atoms with Gasteiger partial charge in [-0.3, -0.25) is 4.79 Å². The van der Waals surface area contributed by atoms with Crippen LogP contribution in [0.5, 0.6) is 0 Å². The van der Waals surface area contributed by atoms with Crippen LogP contribution in [0.2, 0.25) is 0 Å². The number of rotatable bonds is 3. The van der Waals surface area contributed by atoms with Crippen molar-refractivity contribution < 1.29 is 28.6 Å². The van der Waals surface area contributed by atoms with Gasteiger partial charge in [-0.05, 0) is 34.5 Å². The molecule has 23 heavy (non-hydrogen) atoms. The summed E-state index contributed by atoms with van der Waals surface area (Å²) in [6, 6.07) is 1.96. The van der Waals surface area contributed by atoms with E-state index in [1.807, 2.05) is 0 Å². The van der Waals surface area contributed by atoms with Crippen molar-refractivity contribution in [1.29, 1.82) is 0 Å². The molecule has 1 aromatic carbocycles. The number of carbonyl (C=O) groups excluding carboxylic acids is 2. The molecule has 1 heterocycles. The molecule has 1 saturated heterocycles. The second-order valence-electron chi connectivity index (χ2n) is 5.01. The lowest BCUT2D eigenvalue weighted by Gasteiger charge is -2.17. The van der Waals surface area contributed by atoms with Gasteiger partial charge in [0.05, 0.1) is 23.1 Å². The molecule has 0 radical (unpaired) electrons. The smallest absolute Gasteiger partial charge is 0.340 e. The van der Waals surface area contributed by atoms with Crippen LogP contribution in [0.15, 0.2) is 16.6 Å². The average Bonchev–Trinajstić information content (AvgIpc) is 3.00. The minimum absolute atomic E-state index is 0.000495. The third-order valence-corrected chi connectivity index (χ3v) is 4.09. The summed E-state index contributed by atoms with van der Waals surface area (Å²) in [5.41, 5.74) is -0.121. The number of hydrogen-bond acceptors (Lipinski definition) is 4. The lowest BCUT2D eigenvalue weighted by atomic mass is 10.1. The lowest BCUT2D eigenvalue weighted by molar-refractivity contribution is -0.141. The number of likely N-dealkylation sites (tertiary alicyclic amines) is 1. The number of urea groups is 1. The number of amides is 2. The number of esters is 1. The molecule has 2 N–H and O–H groups in total. The van der Waals surface area contributed by atoms with Gasteiger partial charge in [-0.1, -0.05) is 0 Å². The number of hydrogen-bond donors (Lipinski definition) is 2. The van der Waals surface area contributed by atoms with Gasteiger partial charge in [0.1, 0.15) is 0 Å². The second kappa shape index (κ2) is 6.95. The monoisotopic (exact) mass is 388 g/mol. The summed E-state index contributed by atoms with van der Waals surface area (Å²) in [4.78, 5) is 35.9. The van der Waals surface area contributed by atoms with Gasteiger partial charge < -0.3 is 20.1 Å². The third-order valence-electron chi connectivity index (χ3n) is 3.51. The van der Waals surface area contributed by atoms with E-state index in [9.17, 15) is 18.8 Å². The molecule has 0 spiro atoms. The Balaban J connectivity index is 2.14. The van der Waals surface area contributed by atoms with E-state index >= 15 is 0 Å². The molecule has 2 rings (SSSR count). The maximum absolute atomic E-state index is 13.9. The van der Waals surface area contributed by atoms with Crippen LogP contribution >= 0.6 is 15.9 Å². The van der Waals surface area contributed by atoms with Crippen LogP contribution in [0.4, 0.5) is 14.9 Å². The van der Waals surface area contributed by atoms with Gasteiger partial charge in [-0.25, -0.2) is 14.0 Å². The highest BCUT2D eigenvalue weighted by molar-refractivity contribution is 9.10. The number of carbonyl (C=O) groups is 3. The molecule has 1 aliphatic rings. The van der Waals surface area contributed by atoms with Crippen molar-refractivity contribution in [3.8, 4) is 0 Å². The van der Waals surface area contributed by atoms with Gasteiger partial charge in [0.25, 0.3) is 0 Å². The molecule has 1 aliphatic heterocycles. The van der Waals surface area contributed by atoms with E-state index in [-0.39, 0.29) is 22.3 Å². The van der Waals surface area contributed by atoms with E-state index < -0.39 is 29.7 Å². The zero-order chi connectivity index (χ0) is 17.1. The summed E-state index contributed by atoms with van der Waals surface area (Å²) in [7, 11) is 1.12. The van der Waals surface area contributed by atoms with E-state index in [4.69, 9.17) is 5.11 Å². The normalized spacial score (nSPS) is 17.0. The Hall–Kier alpha value is -2.16. The van der Waals surface area contributed by atoms with Crippen molar-refractivity contribution in [3.05, 3.63) is 28.0 Å². The molecule has 0 aliphatic carbocycles. The van der Waals surface area contributed by atoms with Crippen molar-refractivity contribution >= 4 is 39.6 Å². The standard InChI is InChI=1S/C14H14BrFN2O5/c1-23-13(21)9-4-8(5-10(15)11(9)16)17-14(22)18-3-2-7(6-18)12(19)20/h4-5,7H,2-3,6H2,1H3,(H,17,22)(H,19,20). The molecule has 9 heteroatoms. The Morgan fingerprint density at radius 2 is 2.13 bits per heavy atom. The van der Waals surface area contributed by atoms with Crippen LogP contribution in [-0.4, -0.2) is 48.2 Å². The molecule has 7 nitrogen and oxygen atoms in total. The maximum Gasteiger partial charge on any atom is 0.340 e. The predicted molar refractivity (Wildman–Crippen MR) is 81.8 cm³/mol. The van der Waals surface area contributed by atoms with Gasteiger partial charge in [-0.15, -0.1) is 0 Å². The largest absolute Gasteiger partial charge is 0.481 e. The van der Waals surface area contributed by atoms with E-state index in [2.05, 4.69) is 26.0 Å². The number of methoxy groups -OCH3 is 1. The number of carboxylic acids is 1. The van der Waals surface area contributed by atoms with Gasteiger partial charge in [0, 0.05) is 18.8 Å². The minimum atomic E-state index is -0.946. The first-order valence-electron chi connectivity index (χ1n) is 6.69. The topological polar surface area (TPSA) is 95.9 Å². The molecule has 0 saturated carbocycles. The van der Waals surface area contributed by atoms with E-state index in [1.165, 1.54) is 11.0 Å². The summed E-state index contributed by atoms with van der Waals surface area (Å²) in [5.74, 6) is -3.20. The second-order valence-corrected chi connectivity index (χ2v) is 5.87. The van der Waals surface area contributed by atoms with Crippen LogP contribution < -0.4 is 5.32 Å². The van der Waals surface area contributed by atoms with Gasteiger partial charge in [0.15, 0.2) is 5.82 Å². The van der Waals surface area contributed by atoms with E-state index in [0.29, 0.717) is 13.0 Å². The summed E-state index contributed by atoms with van der Waals surface area (Å²) in [6.07, 6.45) is 0.378. The number of carboxylic acid groups (broad SMARTS) is 1. The van der Waals surface area contributed by atoms with Crippen LogP contribution in [0, 0.1) is 11.7 Å². The zero-order valence-corrected chi connectivity index (χ0v) is 13.7. The summed E-state index contributed by atoms with van der Waals surface area (Å²) in [5, 5.41) is 11.5. The highest BCUT2D eigenvalue weighted by atomic mass is 79.9. The summed E-state index contributed by atoms with van der Waals surface area (Å²) >= 11 is 2.97. The first-order valence-corrected chi connectivity index (χ1v) is 7.49. The highest BCUT2D eigenvalue weighted by Gasteiger charge is 2.31. The number of nitrogens with zero attached hydrogens (tertiary/aromatic N) is 1. The molecule has 124 valence electrons. The molecule has 0 bridgehead atoms. The Bertz CT molecular complexity index is 667. The molecular formula is C14H14BrFN2O5. The van der Waals surface area contributed by atoms with Crippen LogP contribution in [0.25, 0.3) is 0 Å². The molecule has 2 amide bonds. The quantitative estimate of drug-likeness (QED) is 0.774. The van der Waals surface area contributed by atoms with E-state index in [0.717, 1.165) is 13.2 Å². The molecular weight excluding hydrogens is 375 g/mol. The average molecular weight is 389 g/mol. The Labute approximate surface area is 139 Å². The van der Waals surface area contributed by atoms with Crippen molar-refractivity contribution in [2.45, 2.75) is 6.42 Å². The summed E-state index contributed by atoms with van der Waals surface area (Å²) in [6.45, 7) is 0.419. The Morgan fingerprint density at radius 1 is 1.43 bits per heavy atom. The number of nitrogens with one attached hydrogen (secondary N) is 1. The predicted octanol–water partition coefficient (Wildman–Crippen LogP) is 2.31. The third kappa shape index (κ3) is 3.79. The fourth-order valence-corrected chi connectivity index (χ4v) is 2.73. The fourth-order valence-electron chi connectivity index (χ4n) is 2.27. The van der Waals surface area contributed by atoms with Gasteiger partial charge in [0.2, 0.25) is 0 Å². The van der Waals surface area contributed by atoms with Crippen LogP contribution in [-0.2, 0) is 9.53 Å². The number of benzene rings is 1. The SMILES string of the molecule is COC(=O)c1cc(NC(=O)N2CCC(C(=O)O)C2)cc(Br)c1F. The van der Waals surface area contributed by atoms with Gasteiger partial charge >= 0.3 is 18.0 Å². The van der Waals surface area contributed by atoms with Crippen LogP contribution in [0.1, 0.15) is 16.8 Å². The van der Waals surface area contributed by atoms with Crippen molar-refractivity contribution in [2.24, 2.45) is 5.92 Å². The van der Waals surface area contributed by atoms with Crippen molar-refractivity contribution in [3.63, 3.8) is 0 Å². The minimum Gasteiger partial charge on any atom is -0.481 e.